The summed E-state index contributed by atoms with van der Waals surface area (Å²) in [6.45, 7) is -0.133. The molecule has 0 atom stereocenters. The highest BCUT2D eigenvalue weighted by Gasteiger charge is 2.15. The molecule has 0 fully saturated rings. The van der Waals surface area contributed by atoms with Crippen LogP contribution >= 0.6 is 11.3 Å². The lowest BCUT2D eigenvalue weighted by Gasteiger charge is -2.05. The van der Waals surface area contributed by atoms with Gasteiger partial charge in [0.1, 0.15) is 6.54 Å². The molecule has 0 saturated heterocycles. The molecular formula is C14H14N6O3S. The fourth-order valence-corrected chi connectivity index (χ4v) is 2.82. The molecular weight excluding hydrogens is 332 g/mol. The van der Waals surface area contributed by atoms with Gasteiger partial charge in [-0.25, -0.2) is 15.2 Å². The topological polar surface area (TPSA) is 103 Å². The molecule has 0 aliphatic heterocycles. The number of aromatic nitrogens is 4. The maximum Gasteiger partial charge on any atom is 0.332 e. The van der Waals surface area contributed by atoms with E-state index in [-0.39, 0.29) is 17.7 Å². The summed E-state index contributed by atoms with van der Waals surface area (Å²) in [5.41, 5.74) is 1.85. The van der Waals surface area contributed by atoms with Crippen molar-refractivity contribution in [1.82, 2.24) is 24.1 Å². The number of carbonyl (C=O) groups excluding carboxylic acids is 1. The fourth-order valence-electron chi connectivity index (χ4n) is 2.24. The third kappa shape index (κ3) is 2.78. The highest BCUT2D eigenvalue weighted by Crippen LogP contribution is 2.05. The summed E-state index contributed by atoms with van der Waals surface area (Å²) in [5.74, 6) is -0.405. The molecule has 10 heteroatoms. The predicted molar refractivity (Wildman–Crippen MR) is 90.3 cm³/mol. The Labute approximate surface area is 139 Å². The predicted octanol–water partition coefficient (Wildman–Crippen LogP) is -0.354. The van der Waals surface area contributed by atoms with Crippen molar-refractivity contribution in [2.45, 2.75) is 6.54 Å². The standard InChI is InChI=1S/C14H14N6O3S/c1-18-12-11(13(22)19(2)14(18)23)20(8-15-12)7-10(21)17-16-6-9-4-3-5-24-9/h3-6,8H,7H2,1-2H3,(H,17,21). The quantitative estimate of drug-likeness (QED) is 0.515. The van der Waals surface area contributed by atoms with Gasteiger partial charge in [0.15, 0.2) is 11.2 Å². The molecule has 3 aromatic heterocycles. The molecule has 0 aromatic carbocycles. The highest BCUT2D eigenvalue weighted by molar-refractivity contribution is 7.11. The van der Waals surface area contributed by atoms with Crippen LogP contribution in [0.1, 0.15) is 4.88 Å². The normalized spacial score (nSPS) is 11.4. The number of rotatable bonds is 4. The van der Waals surface area contributed by atoms with Gasteiger partial charge in [0.05, 0.1) is 12.5 Å². The molecule has 1 amide bonds. The Morgan fingerprint density at radius 3 is 2.88 bits per heavy atom. The number of nitrogens with one attached hydrogen (secondary N) is 1. The van der Waals surface area contributed by atoms with E-state index in [4.69, 9.17) is 0 Å². The van der Waals surface area contributed by atoms with E-state index in [0.29, 0.717) is 0 Å². The van der Waals surface area contributed by atoms with Crippen molar-refractivity contribution in [3.8, 4) is 0 Å². The minimum absolute atomic E-state index is 0.133. The van der Waals surface area contributed by atoms with Crippen LogP contribution < -0.4 is 16.7 Å². The third-order valence-corrected chi connectivity index (χ3v) is 4.26. The summed E-state index contributed by atoms with van der Waals surface area (Å²) in [4.78, 5) is 41.1. The van der Waals surface area contributed by atoms with Crippen molar-refractivity contribution in [2.24, 2.45) is 19.2 Å². The number of hydrogen-bond acceptors (Lipinski definition) is 6. The SMILES string of the molecule is Cn1c(=O)c2c(ncn2CC(=O)NN=Cc2cccs2)n(C)c1=O. The second-order valence-electron chi connectivity index (χ2n) is 5.06. The molecule has 3 heterocycles. The van der Waals surface area contributed by atoms with Gasteiger partial charge in [-0.3, -0.25) is 18.7 Å². The molecule has 9 nitrogen and oxygen atoms in total. The largest absolute Gasteiger partial charge is 0.332 e. The highest BCUT2D eigenvalue weighted by atomic mass is 32.1. The van der Waals surface area contributed by atoms with Crippen LogP contribution in [0.25, 0.3) is 11.2 Å². The van der Waals surface area contributed by atoms with Crippen LogP contribution in [0.15, 0.2) is 38.5 Å². The van der Waals surface area contributed by atoms with Crippen molar-refractivity contribution < 1.29 is 4.79 Å². The molecule has 0 spiro atoms. The van der Waals surface area contributed by atoms with Crippen molar-refractivity contribution in [3.63, 3.8) is 0 Å². The lowest BCUT2D eigenvalue weighted by Crippen LogP contribution is -2.38. The zero-order valence-electron chi connectivity index (χ0n) is 13.0. The maximum atomic E-state index is 12.3. The lowest BCUT2D eigenvalue weighted by atomic mass is 10.4. The molecule has 0 saturated carbocycles. The number of hydrazone groups is 1. The third-order valence-electron chi connectivity index (χ3n) is 3.46. The number of thiophene rings is 1. The summed E-state index contributed by atoms with van der Waals surface area (Å²) >= 11 is 1.50. The summed E-state index contributed by atoms with van der Waals surface area (Å²) in [6.07, 6.45) is 2.89. The van der Waals surface area contributed by atoms with Crippen LogP contribution in [-0.4, -0.2) is 30.8 Å². The zero-order valence-corrected chi connectivity index (χ0v) is 13.8. The number of nitrogens with zero attached hydrogens (tertiary/aromatic N) is 5. The van der Waals surface area contributed by atoms with E-state index in [1.807, 2.05) is 17.5 Å². The lowest BCUT2D eigenvalue weighted by molar-refractivity contribution is -0.121. The fraction of sp³-hybridized carbons (Fsp3) is 0.214. The van der Waals surface area contributed by atoms with Gasteiger partial charge in [-0.2, -0.15) is 5.10 Å². The zero-order chi connectivity index (χ0) is 17.3. The number of hydrogen-bond donors (Lipinski definition) is 1. The van der Waals surface area contributed by atoms with E-state index in [0.717, 1.165) is 9.44 Å². The first kappa shape index (κ1) is 15.9. The molecule has 3 aromatic rings. The van der Waals surface area contributed by atoms with Gasteiger partial charge in [0.25, 0.3) is 11.5 Å². The Hall–Kier alpha value is -3.01. The average molecular weight is 346 g/mol. The smallest absolute Gasteiger partial charge is 0.315 e. The van der Waals surface area contributed by atoms with Gasteiger partial charge in [-0.1, -0.05) is 6.07 Å². The second kappa shape index (κ2) is 6.24. The number of amides is 1. The maximum absolute atomic E-state index is 12.3. The van der Waals surface area contributed by atoms with Gasteiger partial charge in [-0.15, -0.1) is 11.3 Å². The van der Waals surface area contributed by atoms with Crippen LogP contribution in [0.2, 0.25) is 0 Å². The minimum atomic E-state index is -0.500. The molecule has 1 N–H and O–H groups in total. The van der Waals surface area contributed by atoms with Crippen molar-refractivity contribution >= 4 is 34.6 Å². The Balaban J connectivity index is 1.84. The first-order valence-electron chi connectivity index (χ1n) is 6.95. The van der Waals surface area contributed by atoms with Crippen LogP contribution in [0.5, 0.6) is 0 Å². The van der Waals surface area contributed by atoms with E-state index >= 15 is 0 Å². The van der Waals surface area contributed by atoms with Crippen LogP contribution in [0.3, 0.4) is 0 Å². The van der Waals surface area contributed by atoms with Crippen LogP contribution in [-0.2, 0) is 25.4 Å². The van der Waals surface area contributed by atoms with Gasteiger partial charge in [-0.05, 0) is 11.4 Å². The number of imidazole rings is 1. The number of aryl methyl sites for hydroxylation is 1. The molecule has 0 unspecified atom stereocenters. The summed E-state index contributed by atoms with van der Waals surface area (Å²) < 4.78 is 3.64. The second-order valence-corrected chi connectivity index (χ2v) is 6.04. The molecule has 3 rings (SSSR count). The van der Waals surface area contributed by atoms with E-state index in [1.165, 1.54) is 47.1 Å². The van der Waals surface area contributed by atoms with Gasteiger partial charge in [0.2, 0.25) is 0 Å². The van der Waals surface area contributed by atoms with Crippen molar-refractivity contribution in [2.75, 3.05) is 0 Å². The Bertz CT molecular complexity index is 1040. The summed E-state index contributed by atoms with van der Waals surface area (Å²) in [6, 6.07) is 3.75. The number of fused-ring (bicyclic) bond motifs is 1. The number of carbonyl (C=O) groups is 1. The molecule has 0 aliphatic rings. The average Bonchev–Trinajstić information content (AvgIpc) is 3.21. The van der Waals surface area contributed by atoms with E-state index in [9.17, 15) is 14.4 Å². The molecule has 0 radical (unpaired) electrons. The van der Waals surface area contributed by atoms with E-state index in [2.05, 4.69) is 15.5 Å². The van der Waals surface area contributed by atoms with Gasteiger partial charge in [0, 0.05) is 19.0 Å². The summed E-state index contributed by atoms with van der Waals surface area (Å²) in [7, 11) is 2.90. The molecule has 0 aliphatic carbocycles. The Kier molecular flexibility index (Phi) is 4.13. The Morgan fingerprint density at radius 1 is 1.38 bits per heavy atom. The van der Waals surface area contributed by atoms with Gasteiger partial charge >= 0.3 is 5.69 Å². The minimum Gasteiger partial charge on any atom is -0.315 e. The Morgan fingerprint density at radius 2 is 2.17 bits per heavy atom. The van der Waals surface area contributed by atoms with Crippen LogP contribution in [0.4, 0.5) is 0 Å². The monoisotopic (exact) mass is 346 g/mol. The first-order chi connectivity index (χ1) is 11.5. The van der Waals surface area contributed by atoms with Crippen molar-refractivity contribution in [1.29, 1.82) is 0 Å². The molecule has 124 valence electrons. The van der Waals surface area contributed by atoms with E-state index < -0.39 is 17.2 Å². The van der Waals surface area contributed by atoms with Gasteiger partial charge < -0.3 is 4.57 Å². The molecule has 0 bridgehead atoms. The first-order valence-corrected chi connectivity index (χ1v) is 7.83. The van der Waals surface area contributed by atoms with Crippen LogP contribution in [0, 0.1) is 0 Å². The van der Waals surface area contributed by atoms with Crippen molar-refractivity contribution in [3.05, 3.63) is 49.6 Å². The van der Waals surface area contributed by atoms with E-state index in [1.54, 1.807) is 0 Å². The summed E-state index contributed by atoms with van der Waals surface area (Å²) in [5, 5.41) is 5.76. The molecule has 24 heavy (non-hydrogen) atoms.